The molecule has 0 aliphatic heterocycles. The largest absolute Gasteiger partial charge is 0.384 e. The van der Waals surface area contributed by atoms with E-state index in [-0.39, 0.29) is 24.1 Å². The number of halogens is 1. The Kier molecular flexibility index (Phi) is 3.45. The fourth-order valence-corrected chi connectivity index (χ4v) is 3.26. The normalized spacial score (nSPS) is 26.4. The number of aliphatic hydroxyl groups excluding tert-OH is 1. The van der Waals surface area contributed by atoms with E-state index in [4.69, 9.17) is 5.11 Å². The van der Waals surface area contributed by atoms with E-state index in [9.17, 15) is 9.18 Å². The van der Waals surface area contributed by atoms with Crippen LogP contribution in [0.15, 0.2) is 18.2 Å². The standard InChI is InChI=1S/C16H16FNO2/c17-13-9-10(3-2-8-19)6-7-14(13)18-16(20)15-11-4-1-5-12(11)15/h6-7,9,11-12,15,19H,1,4-5,8H2,(H,18,20). The Morgan fingerprint density at radius 3 is 2.80 bits per heavy atom. The Bertz CT molecular complexity index is 592. The summed E-state index contributed by atoms with van der Waals surface area (Å²) in [6, 6.07) is 4.42. The van der Waals surface area contributed by atoms with Crippen molar-refractivity contribution in [2.45, 2.75) is 19.3 Å². The Morgan fingerprint density at radius 2 is 2.15 bits per heavy atom. The first-order valence-corrected chi connectivity index (χ1v) is 6.91. The third-order valence-corrected chi connectivity index (χ3v) is 4.25. The molecule has 0 bridgehead atoms. The molecule has 3 nitrogen and oxygen atoms in total. The monoisotopic (exact) mass is 273 g/mol. The molecule has 2 aliphatic carbocycles. The van der Waals surface area contributed by atoms with Crippen molar-refractivity contribution >= 4 is 11.6 Å². The van der Waals surface area contributed by atoms with Crippen molar-refractivity contribution in [3.63, 3.8) is 0 Å². The van der Waals surface area contributed by atoms with Crippen LogP contribution < -0.4 is 5.32 Å². The summed E-state index contributed by atoms with van der Waals surface area (Å²) in [5, 5.41) is 11.3. The number of anilines is 1. The molecule has 2 atom stereocenters. The number of hydrogen-bond acceptors (Lipinski definition) is 2. The fraction of sp³-hybridized carbons (Fsp3) is 0.438. The number of hydrogen-bond donors (Lipinski definition) is 2. The van der Waals surface area contributed by atoms with Gasteiger partial charge in [-0.3, -0.25) is 4.79 Å². The van der Waals surface area contributed by atoms with E-state index < -0.39 is 5.82 Å². The molecule has 20 heavy (non-hydrogen) atoms. The van der Waals surface area contributed by atoms with Gasteiger partial charge in [0.05, 0.1) is 5.69 Å². The lowest BCUT2D eigenvalue weighted by Gasteiger charge is -2.08. The molecule has 104 valence electrons. The lowest BCUT2D eigenvalue weighted by molar-refractivity contribution is -0.118. The van der Waals surface area contributed by atoms with Gasteiger partial charge in [-0.2, -0.15) is 0 Å². The average Bonchev–Trinajstić information content (AvgIpc) is 2.93. The zero-order valence-corrected chi connectivity index (χ0v) is 11.0. The van der Waals surface area contributed by atoms with Gasteiger partial charge in [0.15, 0.2) is 0 Å². The van der Waals surface area contributed by atoms with Crippen LogP contribution in [0.25, 0.3) is 0 Å². The van der Waals surface area contributed by atoms with Gasteiger partial charge >= 0.3 is 0 Å². The minimum absolute atomic E-state index is 0.0622. The molecule has 0 spiro atoms. The van der Waals surface area contributed by atoms with Gasteiger partial charge in [-0.05, 0) is 42.9 Å². The van der Waals surface area contributed by atoms with Crippen LogP contribution in [0.1, 0.15) is 24.8 Å². The molecule has 2 unspecified atom stereocenters. The van der Waals surface area contributed by atoms with Crippen molar-refractivity contribution < 1.29 is 14.3 Å². The van der Waals surface area contributed by atoms with Crippen molar-refractivity contribution in [3.8, 4) is 11.8 Å². The Morgan fingerprint density at radius 1 is 1.40 bits per heavy atom. The number of amides is 1. The van der Waals surface area contributed by atoms with E-state index in [0.717, 1.165) is 12.8 Å². The van der Waals surface area contributed by atoms with Crippen LogP contribution in [0, 0.1) is 35.4 Å². The molecule has 0 heterocycles. The van der Waals surface area contributed by atoms with Crippen molar-refractivity contribution in [1.29, 1.82) is 0 Å². The summed E-state index contributed by atoms with van der Waals surface area (Å²) in [7, 11) is 0. The lowest BCUT2D eigenvalue weighted by Crippen LogP contribution is -2.17. The van der Waals surface area contributed by atoms with Crippen LogP contribution >= 0.6 is 0 Å². The quantitative estimate of drug-likeness (QED) is 0.811. The summed E-state index contributed by atoms with van der Waals surface area (Å²) in [6.45, 7) is -0.259. The summed E-state index contributed by atoms with van der Waals surface area (Å²) < 4.78 is 13.9. The molecule has 2 fully saturated rings. The van der Waals surface area contributed by atoms with Gasteiger partial charge in [0.1, 0.15) is 12.4 Å². The minimum Gasteiger partial charge on any atom is -0.384 e. The number of fused-ring (bicyclic) bond motifs is 1. The average molecular weight is 273 g/mol. The summed E-state index contributed by atoms with van der Waals surface area (Å²) in [6.07, 6.45) is 3.47. The highest BCUT2D eigenvalue weighted by Crippen LogP contribution is 2.57. The fourth-order valence-electron chi connectivity index (χ4n) is 3.26. The summed E-state index contributed by atoms with van der Waals surface area (Å²) in [4.78, 5) is 12.1. The van der Waals surface area contributed by atoms with Gasteiger partial charge in [-0.15, -0.1) is 0 Å². The molecule has 0 saturated heterocycles. The van der Waals surface area contributed by atoms with Crippen molar-refractivity contribution in [3.05, 3.63) is 29.6 Å². The van der Waals surface area contributed by atoms with E-state index >= 15 is 0 Å². The maximum Gasteiger partial charge on any atom is 0.228 e. The predicted octanol–water partition coefficient (Wildman–Crippen LogP) is 2.15. The van der Waals surface area contributed by atoms with Crippen LogP contribution in [-0.2, 0) is 4.79 Å². The molecule has 2 saturated carbocycles. The molecule has 1 aromatic carbocycles. The molecule has 1 amide bonds. The predicted molar refractivity (Wildman–Crippen MR) is 73.3 cm³/mol. The van der Waals surface area contributed by atoms with E-state index in [1.165, 1.54) is 18.6 Å². The maximum atomic E-state index is 13.9. The highest BCUT2D eigenvalue weighted by molar-refractivity contribution is 5.95. The topological polar surface area (TPSA) is 49.3 Å². The summed E-state index contributed by atoms with van der Waals surface area (Å²) in [5.74, 6) is 5.66. The van der Waals surface area contributed by atoms with Gasteiger partial charge in [0.25, 0.3) is 0 Å². The first-order chi connectivity index (χ1) is 9.70. The molecular weight excluding hydrogens is 257 g/mol. The molecule has 0 aromatic heterocycles. The highest BCUT2D eigenvalue weighted by atomic mass is 19.1. The molecule has 4 heteroatoms. The van der Waals surface area contributed by atoms with Gasteiger partial charge in [0.2, 0.25) is 5.91 Å². The van der Waals surface area contributed by atoms with Gasteiger partial charge in [-0.25, -0.2) is 4.39 Å². The Labute approximate surface area is 117 Å². The number of nitrogens with one attached hydrogen (secondary N) is 1. The number of carbonyl (C=O) groups is 1. The third kappa shape index (κ3) is 2.41. The highest BCUT2D eigenvalue weighted by Gasteiger charge is 2.56. The molecule has 2 N–H and O–H groups in total. The number of aliphatic hydroxyl groups is 1. The zero-order valence-electron chi connectivity index (χ0n) is 11.0. The SMILES string of the molecule is O=C(Nc1ccc(C#CCO)cc1F)C1C2CCCC21. The Balaban J connectivity index is 1.67. The first-order valence-electron chi connectivity index (χ1n) is 6.91. The maximum absolute atomic E-state index is 13.9. The number of rotatable bonds is 2. The van der Waals surface area contributed by atoms with E-state index in [0.29, 0.717) is 17.4 Å². The van der Waals surface area contributed by atoms with Crippen LogP contribution in [0.4, 0.5) is 10.1 Å². The van der Waals surface area contributed by atoms with E-state index in [2.05, 4.69) is 17.2 Å². The molecule has 0 radical (unpaired) electrons. The third-order valence-electron chi connectivity index (χ3n) is 4.25. The van der Waals surface area contributed by atoms with Crippen molar-refractivity contribution in [2.75, 3.05) is 11.9 Å². The van der Waals surface area contributed by atoms with Crippen LogP contribution in [0.3, 0.4) is 0 Å². The number of benzene rings is 1. The lowest BCUT2D eigenvalue weighted by atomic mass is 10.1. The second-order valence-corrected chi connectivity index (χ2v) is 5.43. The smallest absolute Gasteiger partial charge is 0.228 e. The molecule has 2 aliphatic rings. The minimum atomic E-state index is -0.492. The summed E-state index contributed by atoms with van der Waals surface area (Å²) in [5.41, 5.74) is 0.687. The van der Waals surface area contributed by atoms with Gasteiger partial charge in [0, 0.05) is 11.5 Å². The second-order valence-electron chi connectivity index (χ2n) is 5.43. The van der Waals surface area contributed by atoms with Crippen LogP contribution in [0.2, 0.25) is 0 Å². The van der Waals surface area contributed by atoms with Crippen molar-refractivity contribution in [2.24, 2.45) is 17.8 Å². The summed E-state index contributed by atoms with van der Waals surface area (Å²) >= 11 is 0. The molecule has 1 aromatic rings. The zero-order chi connectivity index (χ0) is 14.1. The molecule has 3 rings (SSSR count). The van der Waals surface area contributed by atoms with E-state index in [1.54, 1.807) is 6.07 Å². The first kappa shape index (κ1) is 13.1. The van der Waals surface area contributed by atoms with E-state index in [1.807, 2.05) is 0 Å². The van der Waals surface area contributed by atoms with Crippen LogP contribution in [-0.4, -0.2) is 17.6 Å². The van der Waals surface area contributed by atoms with Crippen molar-refractivity contribution in [1.82, 2.24) is 0 Å². The molecular formula is C16H16FNO2. The van der Waals surface area contributed by atoms with Gasteiger partial charge < -0.3 is 10.4 Å². The second kappa shape index (κ2) is 5.26. The number of carbonyl (C=O) groups excluding carboxylic acids is 1. The van der Waals surface area contributed by atoms with Gasteiger partial charge in [-0.1, -0.05) is 18.3 Å². The van der Waals surface area contributed by atoms with Crippen LogP contribution in [0.5, 0.6) is 0 Å². The Hall–Kier alpha value is -1.86.